The molecule has 3 heteroatoms. The SMILES string of the molecule is CCC(N)C(c1ccccc1Br)N(C)CC1CCCC1. The van der Waals surface area contributed by atoms with Crippen LogP contribution in [0.25, 0.3) is 0 Å². The van der Waals surface area contributed by atoms with Crippen LogP contribution in [-0.2, 0) is 0 Å². The standard InChI is InChI=1S/C17H27BrN2/c1-3-16(19)17(14-10-6-7-11-15(14)18)20(2)12-13-8-4-5-9-13/h6-7,10-11,13,16-17H,3-5,8-9,12,19H2,1-2H3. The second-order valence-corrected chi connectivity index (χ2v) is 6.98. The van der Waals surface area contributed by atoms with Gasteiger partial charge in [-0.1, -0.05) is 53.9 Å². The highest BCUT2D eigenvalue weighted by atomic mass is 79.9. The molecule has 1 aromatic carbocycles. The van der Waals surface area contributed by atoms with E-state index in [1.165, 1.54) is 42.3 Å². The molecule has 2 rings (SSSR count). The maximum atomic E-state index is 6.43. The van der Waals surface area contributed by atoms with Crippen molar-refractivity contribution >= 4 is 15.9 Å². The molecule has 20 heavy (non-hydrogen) atoms. The smallest absolute Gasteiger partial charge is 0.0507 e. The number of rotatable bonds is 6. The largest absolute Gasteiger partial charge is 0.326 e. The van der Waals surface area contributed by atoms with Crippen LogP contribution in [0.3, 0.4) is 0 Å². The van der Waals surface area contributed by atoms with Gasteiger partial charge in [0, 0.05) is 17.1 Å². The Hall–Kier alpha value is -0.380. The molecule has 1 fully saturated rings. The van der Waals surface area contributed by atoms with Crippen molar-refractivity contribution in [2.24, 2.45) is 11.7 Å². The Morgan fingerprint density at radius 2 is 1.95 bits per heavy atom. The third-order valence-corrected chi connectivity index (χ3v) is 5.32. The molecule has 0 aliphatic heterocycles. The highest BCUT2D eigenvalue weighted by molar-refractivity contribution is 9.10. The lowest BCUT2D eigenvalue weighted by molar-refractivity contribution is 0.180. The normalized spacial score (nSPS) is 19.4. The second-order valence-electron chi connectivity index (χ2n) is 6.13. The molecule has 112 valence electrons. The molecule has 1 aliphatic rings. The van der Waals surface area contributed by atoms with Crippen molar-refractivity contribution in [3.05, 3.63) is 34.3 Å². The zero-order valence-corrected chi connectivity index (χ0v) is 14.3. The lowest BCUT2D eigenvalue weighted by atomic mass is 9.95. The Morgan fingerprint density at radius 3 is 2.55 bits per heavy atom. The van der Waals surface area contributed by atoms with Crippen molar-refractivity contribution in [2.45, 2.75) is 51.1 Å². The van der Waals surface area contributed by atoms with E-state index in [0.29, 0.717) is 6.04 Å². The molecule has 1 aromatic rings. The first-order valence-electron chi connectivity index (χ1n) is 7.83. The van der Waals surface area contributed by atoms with Crippen LogP contribution in [0.5, 0.6) is 0 Å². The van der Waals surface area contributed by atoms with E-state index < -0.39 is 0 Å². The fourth-order valence-corrected chi connectivity index (χ4v) is 3.97. The van der Waals surface area contributed by atoms with Gasteiger partial charge in [-0.3, -0.25) is 4.90 Å². The molecule has 0 saturated heterocycles. The minimum absolute atomic E-state index is 0.181. The van der Waals surface area contributed by atoms with Gasteiger partial charge in [0.25, 0.3) is 0 Å². The number of hydrogen-bond acceptors (Lipinski definition) is 2. The molecule has 0 spiro atoms. The van der Waals surface area contributed by atoms with Crippen LogP contribution in [0.4, 0.5) is 0 Å². The van der Waals surface area contributed by atoms with E-state index in [4.69, 9.17) is 5.73 Å². The minimum atomic E-state index is 0.181. The first kappa shape index (κ1) is 16.0. The van der Waals surface area contributed by atoms with E-state index in [2.05, 4.69) is 59.1 Å². The maximum absolute atomic E-state index is 6.43. The van der Waals surface area contributed by atoms with Crippen molar-refractivity contribution < 1.29 is 0 Å². The highest BCUT2D eigenvalue weighted by Gasteiger charge is 2.27. The summed E-state index contributed by atoms with van der Waals surface area (Å²) in [5.41, 5.74) is 7.75. The maximum Gasteiger partial charge on any atom is 0.0507 e. The number of nitrogens with two attached hydrogens (primary N) is 1. The minimum Gasteiger partial charge on any atom is -0.326 e. The van der Waals surface area contributed by atoms with Gasteiger partial charge in [0.15, 0.2) is 0 Å². The fourth-order valence-electron chi connectivity index (χ4n) is 3.45. The summed E-state index contributed by atoms with van der Waals surface area (Å²) in [5, 5.41) is 0. The predicted molar refractivity (Wildman–Crippen MR) is 89.7 cm³/mol. The number of benzene rings is 1. The molecule has 0 aromatic heterocycles. The highest BCUT2D eigenvalue weighted by Crippen LogP contribution is 2.33. The third kappa shape index (κ3) is 3.84. The Morgan fingerprint density at radius 1 is 1.30 bits per heavy atom. The average Bonchev–Trinajstić information content (AvgIpc) is 2.93. The monoisotopic (exact) mass is 338 g/mol. The molecule has 1 saturated carbocycles. The van der Waals surface area contributed by atoms with E-state index >= 15 is 0 Å². The van der Waals surface area contributed by atoms with Crippen LogP contribution in [0.1, 0.15) is 50.6 Å². The quantitative estimate of drug-likeness (QED) is 0.835. The number of nitrogens with zero attached hydrogens (tertiary/aromatic N) is 1. The molecular formula is C17H27BrN2. The van der Waals surface area contributed by atoms with Crippen LogP contribution in [0, 0.1) is 5.92 Å². The molecule has 1 aliphatic carbocycles. The van der Waals surface area contributed by atoms with Gasteiger partial charge < -0.3 is 5.73 Å². The second kappa shape index (κ2) is 7.58. The molecular weight excluding hydrogens is 312 g/mol. The summed E-state index contributed by atoms with van der Waals surface area (Å²) in [6, 6.07) is 8.98. The van der Waals surface area contributed by atoms with Gasteiger partial charge in [-0.05, 0) is 43.9 Å². The zero-order valence-electron chi connectivity index (χ0n) is 12.7. The van der Waals surface area contributed by atoms with Crippen LogP contribution in [0.2, 0.25) is 0 Å². The summed E-state index contributed by atoms with van der Waals surface area (Å²) in [5.74, 6) is 0.856. The molecule has 2 N–H and O–H groups in total. The zero-order chi connectivity index (χ0) is 14.5. The molecule has 2 unspecified atom stereocenters. The van der Waals surface area contributed by atoms with Crippen LogP contribution >= 0.6 is 15.9 Å². The molecule has 0 amide bonds. The summed E-state index contributed by atoms with van der Waals surface area (Å²) >= 11 is 3.69. The van der Waals surface area contributed by atoms with Gasteiger partial charge in [0.2, 0.25) is 0 Å². The molecule has 0 bridgehead atoms. The Labute approximate surface area is 131 Å². The Kier molecular flexibility index (Phi) is 6.06. The summed E-state index contributed by atoms with van der Waals surface area (Å²) in [6.07, 6.45) is 6.57. The van der Waals surface area contributed by atoms with Crippen molar-refractivity contribution in [1.29, 1.82) is 0 Å². The molecule has 0 radical (unpaired) electrons. The molecule has 2 atom stereocenters. The van der Waals surface area contributed by atoms with Gasteiger partial charge in [-0.2, -0.15) is 0 Å². The third-order valence-electron chi connectivity index (χ3n) is 4.60. The van der Waals surface area contributed by atoms with Gasteiger partial charge in [-0.15, -0.1) is 0 Å². The number of likely N-dealkylation sites (N-methyl/N-ethyl adjacent to an activating group) is 1. The van der Waals surface area contributed by atoms with Gasteiger partial charge in [0.05, 0.1) is 6.04 Å². The Balaban J connectivity index is 2.16. The summed E-state index contributed by atoms with van der Waals surface area (Å²) in [4.78, 5) is 2.48. The summed E-state index contributed by atoms with van der Waals surface area (Å²) in [6.45, 7) is 3.34. The van der Waals surface area contributed by atoms with Crippen molar-refractivity contribution in [2.75, 3.05) is 13.6 Å². The predicted octanol–water partition coefficient (Wildman–Crippen LogP) is 4.35. The number of hydrogen-bond donors (Lipinski definition) is 1. The molecule has 0 heterocycles. The fraction of sp³-hybridized carbons (Fsp3) is 0.647. The van der Waals surface area contributed by atoms with E-state index in [1.54, 1.807) is 0 Å². The van der Waals surface area contributed by atoms with Crippen molar-refractivity contribution in [3.8, 4) is 0 Å². The van der Waals surface area contributed by atoms with Crippen LogP contribution in [-0.4, -0.2) is 24.5 Å². The van der Waals surface area contributed by atoms with Gasteiger partial charge >= 0.3 is 0 Å². The van der Waals surface area contributed by atoms with Gasteiger partial charge in [0.1, 0.15) is 0 Å². The Bertz CT molecular complexity index is 415. The van der Waals surface area contributed by atoms with E-state index in [-0.39, 0.29) is 6.04 Å². The first-order valence-corrected chi connectivity index (χ1v) is 8.63. The topological polar surface area (TPSA) is 29.3 Å². The lowest BCUT2D eigenvalue weighted by Crippen LogP contribution is -2.40. The van der Waals surface area contributed by atoms with E-state index in [0.717, 1.165) is 12.3 Å². The lowest BCUT2D eigenvalue weighted by Gasteiger charge is -2.35. The first-order chi connectivity index (χ1) is 9.63. The van der Waals surface area contributed by atoms with E-state index in [9.17, 15) is 0 Å². The van der Waals surface area contributed by atoms with Crippen molar-refractivity contribution in [3.63, 3.8) is 0 Å². The summed E-state index contributed by atoms with van der Waals surface area (Å²) in [7, 11) is 2.23. The van der Waals surface area contributed by atoms with Crippen LogP contribution < -0.4 is 5.73 Å². The van der Waals surface area contributed by atoms with Crippen LogP contribution in [0.15, 0.2) is 28.7 Å². The van der Waals surface area contributed by atoms with E-state index in [1.807, 2.05) is 0 Å². The van der Waals surface area contributed by atoms with Crippen molar-refractivity contribution in [1.82, 2.24) is 4.90 Å². The number of halogens is 1. The van der Waals surface area contributed by atoms with Gasteiger partial charge in [-0.25, -0.2) is 0 Å². The molecule has 2 nitrogen and oxygen atoms in total. The summed E-state index contributed by atoms with van der Waals surface area (Å²) < 4.78 is 1.17. The average molecular weight is 339 g/mol.